The number of aromatic nitrogens is 1. The molecule has 6 heteroatoms. The highest BCUT2D eigenvalue weighted by atomic mass is 19.4. The number of halogens is 3. The molecule has 0 spiro atoms. The Hall–Kier alpha value is -1.46. The Labute approximate surface area is 124 Å². The van der Waals surface area contributed by atoms with Gasteiger partial charge in [0.15, 0.2) is 0 Å². The van der Waals surface area contributed by atoms with Gasteiger partial charge in [0.1, 0.15) is 11.6 Å². The predicted octanol–water partition coefficient (Wildman–Crippen LogP) is 4.40. The Morgan fingerprint density at radius 3 is 2.33 bits per heavy atom. The molecule has 0 aliphatic carbocycles. The van der Waals surface area contributed by atoms with Crippen LogP contribution in [-0.4, -0.2) is 24.6 Å². The van der Waals surface area contributed by atoms with Crippen LogP contribution in [0.25, 0.3) is 0 Å². The number of nitrogens with zero attached hydrogens (tertiary/aromatic N) is 2. The Bertz CT molecular complexity index is 458. The first-order chi connectivity index (χ1) is 9.65. The maximum atomic E-state index is 13.0. The summed E-state index contributed by atoms with van der Waals surface area (Å²) in [5.41, 5.74) is -0.674. The summed E-state index contributed by atoms with van der Waals surface area (Å²) in [6.07, 6.45) is -3.48. The van der Waals surface area contributed by atoms with Gasteiger partial charge in [-0.2, -0.15) is 13.2 Å². The zero-order chi connectivity index (χ0) is 16.2. The van der Waals surface area contributed by atoms with Crippen molar-refractivity contribution < 1.29 is 13.2 Å². The third kappa shape index (κ3) is 5.10. The quantitative estimate of drug-likeness (QED) is 0.844. The molecule has 0 radical (unpaired) electrons. The third-order valence-corrected chi connectivity index (χ3v) is 3.33. The molecule has 1 aromatic rings. The van der Waals surface area contributed by atoms with Crippen molar-refractivity contribution in [3.8, 4) is 0 Å². The normalized spacial score (nSPS) is 13.4. The number of hydrogen-bond donors (Lipinski definition) is 1. The fraction of sp³-hybridized carbons (Fsp3) is 0.667. The SMILES string of the molecule is CCNc1cc(C(F)(F)F)cc(N(C)C(C)CC(C)C)n1. The minimum absolute atomic E-state index is 0.121. The first-order valence-corrected chi connectivity index (χ1v) is 7.21. The molecule has 1 atom stereocenters. The van der Waals surface area contributed by atoms with E-state index in [4.69, 9.17) is 0 Å². The number of alkyl halides is 3. The van der Waals surface area contributed by atoms with Crippen molar-refractivity contribution in [1.82, 2.24) is 4.98 Å². The van der Waals surface area contributed by atoms with Gasteiger partial charge in [0, 0.05) is 19.6 Å². The fourth-order valence-electron chi connectivity index (χ4n) is 2.20. The monoisotopic (exact) mass is 303 g/mol. The smallest absolute Gasteiger partial charge is 0.370 e. The number of nitrogens with one attached hydrogen (secondary N) is 1. The Balaban J connectivity index is 3.12. The number of anilines is 2. The first kappa shape index (κ1) is 17.6. The highest BCUT2D eigenvalue weighted by Crippen LogP contribution is 2.33. The minimum atomic E-state index is -4.37. The highest BCUT2D eigenvalue weighted by Gasteiger charge is 2.32. The van der Waals surface area contributed by atoms with Gasteiger partial charge in [0.05, 0.1) is 5.56 Å². The van der Waals surface area contributed by atoms with Crippen LogP contribution in [0.3, 0.4) is 0 Å². The van der Waals surface area contributed by atoms with Gasteiger partial charge < -0.3 is 10.2 Å². The van der Waals surface area contributed by atoms with Crippen LogP contribution in [0.4, 0.5) is 24.8 Å². The van der Waals surface area contributed by atoms with Crippen molar-refractivity contribution >= 4 is 11.6 Å². The van der Waals surface area contributed by atoms with E-state index in [0.29, 0.717) is 18.3 Å². The standard InChI is InChI=1S/C15H24F3N3/c1-6-19-13-8-12(15(16,17)18)9-14(20-13)21(5)11(4)7-10(2)3/h8-11H,6-7H2,1-5H3,(H,19,20). The van der Waals surface area contributed by atoms with Crippen LogP contribution in [-0.2, 0) is 6.18 Å². The zero-order valence-electron chi connectivity index (χ0n) is 13.3. The van der Waals surface area contributed by atoms with Gasteiger partial charge >= 0.3 is 6.18 Å². The largest absolute Gasteiger partial charge is 0.416 e. The lowest BCUT2D eigenvalue weighted by Gasteiger charge is -2.28. The van der Waals surface area contributed by atoms with Crippen LogP contribution >= 0.6 is 0 Å². The maximum absolute atomic E-state index is 13.0. The van der Waals surface area contributed by atoms with Crippen LogP contribution in [0.15, 0.2) is 12.1 Å². The summed E-state index contributed by atoms with van der Waals surface area (Å²) >= 11 is 0. The average Bonchev–Trinajstić information content (AvgIpc) is 2.36. The summed E-state index contributed by atoms with van der Waals surface area (Å²) in [5, 5.41) is 2.86. The topological polar surface area (TPSA) is 28.2 Å². The molecule has 0 amide bonds. The lowest BCUT2D eigenvalue weighted by molar-refractivity contribution is -0.137. The second-order valence-electron chi connectivity index (χ2n) is 5.72. The lowest BCUT2D eigenvalue weighted by Crippen LogP contribution is -2.31. The van der Waals surface area contributed by atoms with E-state index in [2.05, 4.69) is 24.1 Å². The molecular formula is C15H24F3N3. The second kappa shape index (κ2) is 7.00. The van der Waals surface area contributed by atoms with Gasteiger partial charge in [-0.3, -0.25) is 0 Å². The van der Waals surface area contributed by atoms with E-state index in [1.54, 1.807) is 11.9 Å². The molecule has 0 bridgehead atoms. The van der Waals surface area contributed by atoms with Gasteiger partial charge in [-0.1, -0.05) is 13.8 Å². The van der Waals surface area contributed by atoms with Crippen molar-refractivity contribution in [3.05, 3.63) is 17.7 Å². The third-order valence-electron chi connectivity index (χ3n) is 3.33. The molecule has 0 aliphatic rings. The van der Waals surface area contributed by atoms with E-state index in [1.165, 1.54) is 0 Å². The lowest BCUT2D eigenvalue weighted by atomic mass is 10.0. The summed E-state index contributed by atoms with van der Waals surface area (Å²) in [5.74, 6) is 1.07. The molecule has 0 aliphatic heterocycles. The van der Waals surface area contributed by atoms with E-state index >= 15 is 0 Å². The molecule has 1 heterocycles. The van der Waals surface area contributed by atoms with Gasteiger partial charge in [-0.25, -0.2) is 4.98 Å². The molecule has 3 nitrogen and oxygen atoms in total. The maximum Gasteiger partial charge on any atom is 0.416 e. The average molecular weight is 303 g/mol. The van der Waals surface area contributed by atoms with E-state index in [9.17, 15) is 13.2 Å². The Morgan fingerprint density at radius 2 is 1.86 bits per heavy atom. The van der Waals surface area contributed by atoms with E-state index in [1.807, 2.05) is 13.8 Å². The Morgan fingerprint density at radius 1 is 1.24 bits per heavy atom. The summed E-state index contributed by atoms with van der Waals surface area (Å²) < 4.78 is 39.0. The number of rotatable bonds is 6. The summed E-state index contributed by atoms with van der Waals surface area (Å²) in [6.45, 7) is 8.53. The summed E-state index contributed by atoms with van der Waals surface area (Å²) in [7, 11) is 1.78. The number of hydrogen-bond acceptors (Lipinski definition) is 3. The van der Waals surface area contributed by atoms with Crippen LogP contribution in [0, 0.1) is 5.92 Å². The molecule has 1 aromatic heterocycles. The molecule has 0 fully saturated rings. The molecule has 0 saturated heterocycles. The van der Waals surface area contributed by atoms with Gasteiger partial charge in [0.2, 0.25) is 0 Å². The zero-order valence-corrected chi connectivity index (χ0v) is 13.3. The van der Waals surface area contributed by atoms with Gasteiger partial charge in [0.25, 0.3) is 0 Å². The van der Waals surface area contributed by atoms with Crippen molar-refractivity contribution in [2.75, 3.05) is 23.8 Å². The molecule has 1 N–H and O–H groups in total. The molecular weight excluding hydrogens is 279 g/mol. The van der Waals surface area contributed by atoms with E-state index in [-0.39, 0.29) is 11.9 Å². The fourth-order valence-corrected chi connectivity index (χ4v) is 2.20. The number of pyridine rings is 1. The molecule has 21 heavy (non-hydrogen) atoms. The molecule has 0 saturated carbocycles. The Kier molecular flexibility index (Phi) is 5.87. The van der Waals surface area contributed by atoms with Crippen molar-refractivity contribution in [1.29, 1.82) is 0 Å². The van der Waals surface area contributed by atoms with Crippen LogP contribution < -0.4 is 10.2 Å². The molecule has 1 rings (SSSR count). The van der Waals surface area contributed by atoms with Crippen LogP contribution in [0.5, 0.6) is 0 Å². The van der Waals surface area contributed by atoms with Crippen molar-refractivity contribution in [2.24, 2.45) is 5.92 Å². The molecule has 120 valence electrons. The molecule has 0 aromatic carbocycles. The summed E-state index contributed by atoms with van der Waals surface area (Å²) in [4.78, 5) is 6.08. The van der Waals surface area contributed by atoms with E-state index < -0.39 is 11.7 Å². The van der Waals surface area contributed by atoms with Crippen LogP contribution in [0.2, 0.25) is 0 Å². The van der Waals surface area contributed by atoms with Crippen molar-refractivity contribution in [2.45, 2.75) is 46.3 Å². The minimum Gasteiger partial charge on any atom is -0.370 e. The van der Waals surface area contributed by atoms with E-state index in [0.717, 1.165) is 18.6 Å². The highest BCUT2D eigenvalue weighted by molar-refractivity contribution is 5.51. The molecule has 1 unspecified atom stereocenters. The summed E-state index contributed by atoms with van der Waals surface area (Å²) in [6, 6.07) is 2.28. The first-order valence-electron chi connectivity index (χ1n) is 7.21. The predicted molar refractivity (Wildman–Crippen MR) is 80.7 cm³/mol. The van der Waals surface area contributed by atoms with Crippen LogP contribution in [0.1, 0.15) is 39.7 Å². The van der Waals surface area contributed by atoms with Crippen molar-refractivity contribution in [3.63, 3.8) is 0 Å². The second-order valence-corrected chi connectivity index (χ2v) is 5.72. The van der Waals surface area contributed by atoms with Gasteiger partial charge in [-0.05, 0) is 38.3 Å². The van der Waals surface area contributed by atoms with Gasteiger partial charge in [-0.15, -0.1) is 0 Å².